The predicted molar refractivity (Wildman–Crippen MR) is 265 cm³/mol. The summed E-state index contributed by atoms with van der Waals surface area (Å²) in [6.45, 7) is 29.4. The molecule has 3 aliphatic heterocycles. The zero-order chi connectivity index (χ0) is 44.2. The van der Waals surface area contributed by atoms with E-state index in [9.17, 15) is 0 Å². The molecule has 3 heterocycles. The highest BCUT2D eigenvalue weighted by molar-refractivity contribution is 6.95. The van der Waals surface area contributed by atoms with Crippen molar-refractivity contribution in [1.82, 2.24) is 0 Å². The third-order valence-electron chi connectivity index (χ3n) is 16.5. The molecule has 3 aliphatic carbocycles. The minimum Gasteiger partial charge on any atom is -0.454 e. The number of allylic oxidation sites excluding steroid dienone is 4. The summed E-state index contributed by atoms with van der Waals surface area (Å²) < 4.78 is 12.5. The molecular formula is C58H65BN2O2. The second kappa shape index (κ2) is 13.4. The molecule has 5 aromatic carbocycles. The van der Waals surface area contributed by atoms with Crippen LogP contribution in [0.5, 0.6) is 11.5 Å². The van der Waals surface area contributed by atoms with Gasteiger partial charge >= 0.3 is 0 Å². The Kier molecular flexibility index (Phi) is 8.66. The molecule has 1 unspecified atom stereocenters. The average molecular weight is 833 g/mol. The number of nitrogens with zero attached hydrogens (tertiary/aromatic N) is 2. The monoisotopic (exact) mass is 833 g/mol. The standard InChI is InChI=1S/C58H65BN2O2/c1-35-26-49-53-50(27-35)61(46-21-18-37(54(2,3)4)28-39(46)36-16-14-13-15-17-36)48-33-52-51(62-34-63-52)32-45(48)59(53)44-30-42-43(58(11,12)25-24-57(42,9)10)31-47(44)60(49)38-19-20-40-41(29-38)56(7,8)23-22-55(40,5)6/h13-21,26-30,32-33,43H,22-25,31,34H2,1-12H3. The molecule has 0 aromatic heterocycles. The van der Waals surface area contributed by atoms with Crippen molar-refractivity contribution in [3.05, 3.63) is 136 Å². The lowest BCUT2D eigenvalue weighted by molar-refractivity contribution is 0.121. The Morgan fingerprint density at radius 1 is 0.635 bits per heavy atom. The minimum atomic E-state index is -0.0166. The summed E-state index contributed by atoms with van der Waals surface area (Å²) in [5, 5.41) is 0. The summed E-state index contributed by atoms with van der Waals surface area (Å²) >= 11 is 0. The van der Waals surface area contributed by atoms with E-state index >= 15 is 0 Å². The molecule has 0 radical (unpaired) electrons. The third-order valence-corrected chi connectivity index (χ3v) is 16.5. The van der Waals surface area contributed by atoms with Crippen LogP contribution in [-0.2, 0) is 16.2 Å². The normalized spacial score (nSPS) is 21.8. The van der Waals surface area contributed by atoms with Gasteiger partial charge in [-0.1, -0.05) is 130 Å². The second-order valence-corrected chi connectivity index (χ2v) is 23.6. The smallest absolute Gasteiger partial charge is 0.251 e. The van der Waals surface area contributed by atoms with Gasteiger partial charge in [0.25, 0.3) is 6.71 Å². The van der Waals surface area contributed by atoms with E-state index in [-0.39, 0.29) is 40.6 Å². The van der Waals surface area contributed by atoms with Gasteiger partial charge in [-0.3, -0.25) is 0 Å². The van der Waals surface area contributed by atoms with Crippen LogP contribution < -0.4 is 30.2 Å². The average Bonchev–Trinajstić information content (AvgIpc) is 3.70. The molecule has 63 heavy (non-hydrogen) atoms. The number of hydrogen-bond acceptors (Lipinski definition) is 4. The summed E-state index contributed by atoms with van der Waals surface area (Å²) in [6.07, 6.45) is 8.54. The van der Waals surface area contributed by atoms with Crippen LogP contribution in [0.3, 0.4) is 0 Å². The Hall–Kier alpha value is -5.16. The largest absolute Gasteiger partial charge is 0.454 e. The van der Waals surface area contributed by atoms with Gasteiger partial charge in [0.15, 0.2) is 11.5 Å². The second-order valence-electron chi connectivity index (χ2n) is 23.6. The molecular weight excluding hydrogens is 767 g/mol. The van der Waals surface area contributed by atoms with Gasteiger partial charge in [0.05, 0.1) is 5.69 Å². The Labute approximate surface area is 377 Å². The third kappa shape index (κ3) is 6.14. The quantitative estimate of drug-likeness (QED) is 0.169. The molecule has 5 aromatic rings. The first-order chi connectivity index (χ1) is 29.7. The van der Waals surface area contributed by atoms with Crippen molar-refractivity contribution in [3.63, 3.8) is 0 Å². The van der Waals surface area contributed by atoms with Crippen LogP contribution in [0.25, 0.3) is 11.1 Å². The molecule has 0 N–H and O–H groups in total. The van der Waals surface area contributed by atoms with E-state index < -0.39 is 0 Å². The molecule has 4 nitrogen and oxygen atoms in total. The van der Waals surface area contributed by atoms with E-state index in [0.29, 0.717) is 5.92 Å². The Balaban J connectivity index is 1.24. The molecule has 0 spiro atoms. The lowest BCUT2D eigenvalue weighted by Crippen LogP contribution is -2.57. The lowest BCUT2D eigenvalue weighted by atomic mass is 9.31. The van der Waals surface area contributed by atoms with E-state index in [1.165, 1.54) is 104 Å². The van der Waals surface area contributed by atoms with Crippen molar-refractivity contribution in [2.24, 2.45) is 16.7 Å². The van der Waals surface area contributed by atoms with Crippen LogP contribution in [0.15, 0.2) is 114 Å². The van der Waals surface area contributed by atoms with Crippen molar-refractivity contribution in [1.29, 1.82) is 0 Å². The van der Waals surface area contributed by atoms with Crippen molar-refractivity contribution in [2.75, 3.05) is 16.6 Å². The molecule has 0 amide bonds. The van der Waals surface area contributed by atoms with Crippen molar-refractivity contribution in [3.8, 4) is 22.6 Å². The van der Waals surface area contributed by atoms with Crippen LogP contribution in [0.4, 0.5) is 28.4 Å². The molecule has 6 aliphatic rings. The number of fused-ring (bicyclic) bond motifs is 6. The zero-order valence-corrected chi connectivity index (χ0v) is 39.8. The highest BCUT2D eigenvalue weighted by Gasteiger charge is 2.52. The fourth-order valence-corrected chi connectivity index (χ4v) is 12.4. The number of rotatable bonds is 3. The van der Waals surface area contributed by atoms with E-state index in [1.54, 1.807) is 5.57 Å². The van der Waals surface area contributed by atoms with Gasteiger partial charge in [-0.15, -0.1) is 0 Å². The summed E-state index contributed by atoms with van der Waals surface area (Å²) in [6, 6.07) is 35.3. The maximum atomic E-state index is 6.28. The molecule has 1 saturated carbocycles. The maximum Gasteiger partial charge on any atom is 0.251 e. The lowest BCUT2D eigenvalue weighted by Gasteiger charge is -2.54. The van der Waals surface area contributed by atoms with E-state index in [0.717, 1.165) is 23.6 Å². The number of aryl methyl sites for hydroxylation is 1. The highest BCUT2D eigenvalue weighted by atomic mass is 16.7. The van der Waals surface area contributed by atoms with Gasteiger partial charge in [-0.05, 0) is 159 Å². The highest BCUT2D eigenvalue weighted by Crippen LogP contribution is 2.60. The molecule has 0 saturated heterocycles. The van der Waals surface area contributed by atoms with Gasteiger partial charge < -0.3 is 19.3 Å². The van der Waals surface area contributed by atoms with Crippen molar-refractivity contribution in [2.45, 2.75) is 131 Å². The molecule has 1 atom stereocenters. The first-order valence-corrected chi connectivity index (χ1v) is 23.7. The van der Waals surface area contributed by atoms with E-state index in [2.05, 4.69) is 190 Å². The number of hydrogen-bond donors (Lipinski definition) is 0. The Morgan fingerprint density at radius 3 is 2.02 bits per heavy atom. The molecule has 322 valence electrons. The van der Waals surface area contributed by atoms with Gasteiger partial charge in [0.2, 0.25) is 6.79 Å². The molecule has 5 heteroatoms. The van der Waals surface area contributed by atoms with Crippen molar-refractivity contribution < 1.29 is 9.47 Å². The van der Waals surface area contributed by atoms with Gasteiger partial charge in [0.1, 0.15) is 0 Å². The van der Waals surface area contributed by atoms with E-state index in [4.69, 9.17) is 9.47 Å². The SMILES string of the molecule is Cc1cc2c3c(c1)N(c1ccc(C(C)(C)C)cc1-c1ccccc1)c1cc4c(cc1B3C1=C(CC3C(=C1)C(C)(C)CCC3(C)C)N2c1ccc2c(c1)C(C)(C)CCC2(C)C)OCO4. The van der Waals surface area contributed by atoms with Crippen LogP contribution in [-0.4, -0.2) is 13.5 Å². The Bertz CT molecular complexity index is 2820. The van der Waals surface area contributed by atoms with E-state index in [1.807, 2.05) is 0 Å². The summed E-state index contributed by atoms with van der Waals surface area (Å²) in [4.78, 5) is 5.31. The van der Waals surface area contributed by atoms with Gasteiger partial charge in [-0.25, -0.2) is 0 Å². The summed E-state index contributed by atoms with van der Waals surface area (Å²) in [5.74, 6) is 2.10. The summed E-state index contributed by atoms with van der Waals surface area (Å²) in [5.41, 5.74) is 21.8. The first-order valence-electron chi connectivity index (χ1n) is 23.7. The fourth-order valence-electron chi connectivity index (χ4n) is 12.4. The number of benzene rings is 5. The molecule has 11 rings (SSSR count). The first kappa shape index (κ1) is 40.6. The maximum absolute atomic E-state index is 6.28. The van der Waals surface area contributed by atoms with Crippen LogP contribution in [0.1, 0.15) is 131 Å². The zero-order valence-electron chi connectivity index (χ0n) is 39.8. The number of anilines is 5. The summed E-state index contributed by atoms with van der Waals surface area (Å²) in [7, 11) is 0. The molecule has 0 bridgehead atoms. The van der Waals surface area contributed by atoms with Crippen molar-refractivity contribution >= 4 is 46.1 Å². The number of ether oxygens (including phenoxy) is 2. The van der Waals surface area contributed by atoms with Gasteiger partial charge in [-0.2, -0.15) is 0 Å². The topological polar surface area (TPSA) is 24.9 Å². The van der Waals surface area contributed by atoms with Crippen LogP contribution in [0.2, 0.25) is 0 Å². The molecule has 1 fully saturated rings. The van der Waals surface area contributed by atoms with Crippen LogP contribution >= 0.6 is 0 Å². The van der Waals surface area contributed by atoms with Crippen LogP contribution in [0, 0.1) is 23.7 Å². The Morgan fingerprint density at radius 2 is 1.30 bits per heavy atom. The van der Waals surface area contributed by atoms with Gasteiger partial charge in [0, 0.05) is 40.1 Å². The fraction of sp³-hybridized carbons (Fsp3) is 0.414. The minimum absolute atomic E-state index is 0.0129. The predicted octanol–water partition coefficient (Wildman–Crippen LogP) is 14.2.